The molecular weight excluding hydrogens is 364 g/mol. The first-order valence-electron chi connectivity index (χ1n) is 10.0. The molecule has 1 heterocycles. The summed E-state index contributed by atoms with van der Waals surface area (Å²) in [7, 11) is 0. The second kappa shape index (κ2) is 8.06. The molecule has 1 unspecified atom stereocenters. The molecule has 1 aliphatic rings. The van der Waals surface area contributed by atoms with Gasteiger partial charge in [0.05, 0.1) is 11.7 Å². The van der Waals surface area contributed by atoms with Gasteiger partial charge in [-0.1, -0.05) is 30.3 Å². The van der Waals surface area contributed by atoms with Crippen molar-refractivity contribution in [1.29, 1.82) is 5.26 Å². The van der Waals surface area contributed by atoms with Gasteiger partial charge in [0.15, 0.2) is 0 Å². The Morgan fingerprint density at radius 3 is 2.93 bits per heavy atom. The molecule has 3 aromatic rings. The monoisotopic (exact) mass is 388 g/mol. The van der Waals surface area contributed by atoms with Crippen molar-refractivity contribution < 1.29 is 9.26 Å². The van der Waals surface area contributed by atoms with E-state index >= 15 is 0 Å². The van der Waals surface area contributed by atoms with E-state index in [1.165, 1.54) is 11.1 Å². The lowest BCUT2D eigenvalue weighted by molar-refractivity contribution is 0.242. The SMILES string of the molecule is CCNC1CCc2c(-c3noc(-c4ccc(OC(C)C)c(C#N)c4)n3)cccc21. The number of rotatable bonds is 6. The van der Waals surface area contributed by atoms with Gasteiger partial charge in [0.1, 0.15) is 11.8 Å². The fraction of sp³-hybridized carbons (Fsp3) is 0.348. The first kappa shape index (κ1) is 19.2. The Bertz CT molecular complexity index is 1060. The Morgan fingerprint density at radius 1 is 1.31 bits per heavy atom. The van der Waals surface area contributed by atoms with E-state index in [0.717, 1.165) is 24.9 Å². The lowest BCUT2D eigenvalue weighted by Gasteiger charge is -2.12. The molecule has 148 valence electrons. The molecule has 1 N–H and O–H groups in total. The van der Waals surface area contributed by atoms with E-state index in [9.17, 15) is 5.26 Å². The molecule has 29 heavy (non-hydrogen) atoms. The first-order valence-corrected chi connectivity index (χ1v) is 10.0. The average molecular weight is 388 g/mol. The van der Waals surface area contributed by atoms with Crippen LogP contribution in [-0.2, 0) is 6.42 Å². The van der Waals surface area contributed by atoms with E-state index in [-0.39, 0.29) is 6.10 Å². The van der Waals surface area contributed by atoms with E-state index in [1.54, 1.807) is 12.1 Å². The molecule has 0 amide bonds. The highest BCUT2D eigenvalue weighted by Crippen LogP contribution is 2.37. The quantitative estimate of drug-likeness (QED) is 0.661. The van der Waals surface area contributed by atoms with Crippen LogP contribution < -0.4 is 10.1 Å². The maximum atomic E-state index is 9.46. The normalized spacial score (nSPS) is 15.3. The molecule has 0 saturated heterocycles. The van der Waals surface area contributed by atoms with Crippen molar-refractivity contribution in [2.24, 2.45) is 0 Å². The maximum Gasteiger partial charge on any atom is 0.258 e. The van der Waals surface area contributed by atoms with Gasteiger partial charge >= 0.3 is 0 Å². The van der Waals surface area contributed by atoms with Crippen LogP contribution in [0.3, 0.4) is 0 Å². The lowest BCUT2D eigenvalue weighted by Crippen LogP contribution is -2.18. The van der Waals surface area contributed by atoms with Crippen molar-refractivity contribution in [3.05, 3.63) is 53.1 Å². The van der Waals surface area contributed by atoms with Crippen LogP contribution in [0.25, 0.3) is 22.8 Å². The van der Waals surface area contributed by atoms with Crippen molar-refractivity contribution in [3.8, 4) is 34.7 Å². The molecule has 0 spiro atoms. The topological polar surface area (TPSA) is 84.0 Å². The Kier molecular flexibility index (Phi) is 5.32. The van der Waals surface area contributed by atoms with Crippen molar-refractivity contribution in [1.82, 2.24) is 15.5 Å². The summed E-state index contributed by atoms with van der Waals surface area (Å²) in [5, 5.41) is 17.2. The number of fused-ring (bicyclic) bond motifs is 1. The highest BCUT2D eigenvalue weighted by atomic mass is 16.5. The lowest BCUT2D eigenvalue weighted by atomic mass is 10.0. The molecule has 6 nitrogen and oxygen atoms in total. The predicted molar refractivity (Wildman–Crippen MR) is 110 cm³/mol. The van der Waals surface area contributed by atoms with E-state index < -0.39 is 0 Å². The molecular formula is C23H24N4O2. The van der Waals surface area contributed by atoms with Gasteiger partial charge in [0.2, 0.25) is 5.82 Å². The third-order valence-corrected chi connectivity index (χ3v) is 5.10. The fourth-order valence-electron chi connectivity index (χ4n) is 3.88. The minimum absolute atomic E-state index is 0.00541. The first-order chi connectivity index (χ1) is 14.1. The van der Waals surface area contributed by atoms with Crippen molar-refractivity contribution in [3.63, 3.8) is 0 Å². The van der Waals surface area contributed by atoms with Crippen LogP contribution in [0.5, 0.6) is 5.75 Å². The van der Waals surface area contributed by atoms with Crippen LogP contribution >= 0.6 is 0 Å². The maximum absolute atomic E-state index is 9.46. The van der Waals surface area contributed by atoms with E-state index in [0.29, 0.717) is 34.6 Å². The largest absolute Gasteiger partial charge is 0.490 e. The highest BCUT2D eigenvalue weighted by Gasteiger charge is 2.26. The van der Waals surface area contributed by atoms with Crippen LogP contribution in [0, 0.1) is 11.3 Å². The molecule has 1 atom stereocenters. The Hall–Kier alpha value is -3.17. The Balaban J connectivity index is 1.66. The zero-order valence-corrected chi connectivity index (χ0v) is 16.9. The van der Waals surface area contributed by atoms with E-state index in [1.807, 2.05) is 32.0 Å². The van der Waals surface area contributed by atoms with Crippen LogP contribution in [-0.4, -0.2) is 22.8 Å². The molecule has 2 aromatic carbocycles. The van der Waals surface area contributed by atoms with Crippen molar-refractivity contribution in [2.75, 3.05) is 6.54 Å². The number of aromatic nitrogens is 2. The number of nitrogens with one attached hydrogen (secondary N) is 1. The molecule has 0 saturated carbocycles. The summed E-state index contributed by atoms with van der Waals surface area (Å²) in [5.74, 6) is 1.53. The van der Waals surface area contributed by atoms with Crippen LogP contribution in [0.2, 0.25) is 0 Å². The molecule has 1 aliphatic carbocycles. The number of ether oxygens (including phenoxy) is 1. The summed E-state index contributed by atoms with van der Waals surface area (Å²) in [6.45, 7) is 6.93. The zero-order valence-electron chi connectivity index (χ0n) is 16.9. The zero-order chi connectivity index (χ0) is 20.4. The number of nitrogens with zero attached hydrogens (tertiary/aromatic N) is 3. The van der Waals surface area contributed by atoms with E-state index in [4.69, 9.17) is 9.26 Å². The highest BCUT2D eigenvalue weighted by molar-refractivity contribution is 5.67. The van der Waals surface area contributed by atoms with Gasteiger partial charge in [-0.05, 0) is 62.6 Å². The minimum Gasteiger partial charge on any atom is -0.490 e. The summed E-state index contributed by atoms with van der Waals surface area (Å²) in [6, 6.07) is 14.2. The molecule has 0 bridgehead atoms. The average Bonchev–Trinajstić information content (AvgIpc) is 3.36. The Labute approximate surface area is 170 Å². The van der Waals surface area contributed by atoms with Gasteiger partial charge < -0.3 is 14.6 Å². The molecule has 0 radical (unpaired) electrons. The van der Waals surface area contributed by atoms with Crippen molar-refractivity contribution >= 4 is 0 Å². The second-order valence-corrected chi connectivity index (χ2v) is 7.43. The number of hydrogen-bond acceptors (Lipinski definition) is 6. The van der Waals surface area contributed by atoms with Crippen molar-refractivity contribution in [2.45, 2.75) is 45.8 Å². The Morgan fingerprint density at radius 2 is 2.17 bits per heavy atom. The number of nitriles is 1. The summed E-state index contributed by atoms with van der Waals surface area (Å²) in [6.07, 6.45) is 2.06. The fourth-order valence-corrected chi connectivity index (χ4v) is 3.88. The minimum atomic E-state index is -0.00541. The summed E-state index contributed by atoms with van der Waals surface area (Å²) >= 11 is 0. The van der Waals surface area contributed by atoms with Crippen LogP contribution in [0.1, 0.15) is 49.9 Å². The third kappa shape index (κ3) is 3.74. The smallest absolute Gasteiger partial charge is 0.258 e. The summed E-state index contributed by atoms with van der Waals surface area (Å²) < 4.78 is 11.2. The van der Waals surface area contributed by atoms with Gasteiger partial charge in [-0.15, -0.1) is 0 Å². The molecule has 0 fully saturated rings. The second-order valence-electron chi connectivity index (χ2n) is 7.43. The van der Waals surface area contributed by atoms with Gasteiger partial charge in [0.25, 0.3) is 5.89 Å². The molecule has 0 aliphatic heterocycles. The summed E-state index contributed by atoms with van der Waals surface area (Å²) in [4.78, 5) is 4.62. The molecule has 6 heteroatoms. The third-order valence-electron chi connectivity index (χ3n) is 5.10. The van der Waals surface area contributed by atoms with Gasteiger partial charge in [-0.2, -0.15) is 10.2 Å². The number of benzene rings is 2. The van der Waals surface area contributed by atoms with E-state index in [2.05, 4.69) is 34.5 Å². The van der Waals surface area contributed by atoms with Gasteiger partial charge in [-0.3, -0.25) is 0 Å². The standard InChI is InChI=1S/C23H24N4O2/c1-4-25-20-10-9-17-18(20)6-5-7-19(17)22-26-23(29-27-22)15-8-11-21(28-14(2)3)16(12-15)13-24/h5-8,11-12,14,20,25H,4,9-10H2,1-3H3. The predicted octanol–water partition coefficient (Wildman–Crippen LogP) is 4.66. The van der Waals surface area contributed by atoms with Gasteiger partial charge in [-0.25, -0.2) is 0 Å². The van der Waals surface area contributed by atoms with Gasteiger partial charge in [0, 0.05) is 17.2 Å². The summed E-state index contributed by atoms with van der Waals surface area (Å²) in [5.41, 5.74) is 4.76. The van der Waals surface area contributed by atoms with Crippen LogP contribution in [0.4, 0.5) is 0 Å². The van der Waals surface area contributed by atoms with Crippen LogP contribution in [0.15, 0.2) is 40.9 Å². The molecule has 1 aromatic heterocycles. The molecule has 4 rings (SSSR count). The number of hydrogen-bond donors (Lipinski definition) is 1.